The average Bonchev–Trinajstić information content (AvgIpc) is 2.38. The number of nitrogens with zero attached hydrogens (tertiary/aromatic N) is 1. The van der Waals surface area contributed by atoms with Gasteiger partial charge in [-0.15, -0.1) is 0 Å². The molecular weight excluding hydrogens is 261 g/mol. The molecule has 0 heterocycles. The Hall–Kier alpha value is -1.78. The molecule has 2 rings (SSSR count). The number of halogens is 1. The lowest BCUT2D eigenvalue weighted by molar-refractivity contribution is -0.159. The lowest BCUT2D eigenvalue weighted by Crippen LogP contribution is -2.27. The fourth-order valence-corrected chi connectivity index (χ4v) is 2.29. The van der Waals surface area contributed by atoms with Crippen molar-refractivity contribution >= 4 is 5.97 Å². The maximum absolute atomic E-state index is 13.4. The first kappa shape index (κ1) is 14.6. The third-order valence-electron chi connectivity index (χ3n) is 3.45. The van der Waals surface area contributed by atoms with Gasteiger partial charge in [0, 0.05) is 5.56 Å². The highest BCUT2D eigenvalue weighted by Gasteiger charge is 2.33. The summed E-state index contributed by atoms with van der Waals surface area (Å²) in [5.41, 5.74) is 0.588. The van der Waals surface area contributed by atoms with Crippen molar-refractivity contribution < 1.29 is 13.9 Å². The van der Waals surface area contributed by atoms with Crippen LogP contribution in [0.2, 0.25) is 0 Å². The quantitative estimate of drug-likeness (QED) is 0.606. The smallest absolute Gasteiger partial charge is 0.311 e. The van der Waals surface area contributed by atoms with Crippen LogP contribution in [-0.4, -0.2) is 5.97 Å². The van der Waals surface area contributed by atoms with Gasteiger partial charge in [-0.2, -0.15) is 4.91 Å². The molecule has 1 aromatic rings. The second kappa shape index (κ2) is 5.31. The molecule has 1 aliphatic carbocycles. The normalized spacial score (nSPS) is 22.0. The molecule has 2 unspecified atom stereocenters. The summed E-state index contributed by atoms with van der Waals surface area (Å²) in [5.74, 6) is -0.748. The van der Waals surface area contributed by atoms with Gasteiger partial charge >= 0.3 is 5.97 Å². The number of hydrogen-bond donors (Lipinski definition) is 0. The first-order chi connectivity index (χ1) is 9.32. The van der Waals surface area contributed by atoms with Crippen molar-refractivity contribution in [3.8, 4) is 0 Å². The average molecular weight is 279 g/mol. The molecular formula is C15H18FNO3. The fraction of sp³-hybridized carbons (Fsp3) is 0.533. The summed E-state index contributed by atoms with van der Waals surface area (Å²) < 4.78 is 18.9. The summed E-state index contributed by atoms with van der Waals surface area (Å²) in [6.07, 6.45) is 0.476. The van der Waals surface area contributed by atoms with Crippen molar-refractivity contribution in [2.24, 2.45) is 10.6 Å². The number of fused-ring (bicyclic) bond motifs is 1. The molecule has 0 aromatic heterocycles. The molecule has 0 radical (unpaired) electrons. The highest BCUT2D eigenvalue weighted by molar-refractivity contribution is 5.75. The minimum Gasteiger partial charge on any atom is -0.457 e. The Morgan fingerprint density at radius 2 is 2.00 bits per heavy atom. The molecule has 4 nitrogen and oxygen atoms in total. The number of rotatable bonds is 2. The van der Waals surface area contributed by atoms with Crippen molar-refractivity contribution in [3.63, 3.8) is 0 Å². The number of hydrogen-bond acceptors (Lipinski definition) is 4. The van der Waals surface area contributed by atoms with Gasteiger partial charge in [0.05, 0.1) is 5.41 Å². The van der Waals surface area contributed by atoms with E-state index in [9.17, 15) is 14.1 Å². The van der Waals surface area contributed by atoms with E-state index in [4.69, 9.17) is 4.74 Å². The van der Waals surface area contributed by atoms with Crippen LogP contribution < -0.4 is 0 Å². The molecule has 0 saturated carbocycles. The SMILES string of the molecule is CC(C)(C)C(=O)OC1CCC(N=O)c2ccc(F)cc21. The summed E-state index contributed by atoms with van der Waals surface area (Å²) in [7, 11) is 0. The third kappa shape index (κ3) is 2.86. The summed E-state index contributed by atoms with van der Waals surface area (Å²) in [6, 6.07) is 3.68. The number of nitroso groups, excluding NO2 is 1. The van der Waals surface area contributed by atoms with Crippen molar-refractivity contribution in [3.05, 3.63) is 40.1 Å². The molecule has 108 valence electrons. The predicted molar refractivity (Wildman–Crippen MR) is 72.5 cm³/mol. The van der Waals surface area contributed by atoms with Gasteiger partial charge in [-0.3, -0.25) is 4.79 Å². The second-order valence-corrected chi connectivity index (χ2v) is 6.12. The summed E-state index contributed by atoms with van der Waals surface area (Å²) >= 11 is 0. The highest BCUT2D eigenvalue weighted by atomic mass is 19.1. The minimum atomic E-state index is -0.618. The van der Waals surface area contributed by atoms with Gasteiger partial charge in [-0.05, 0) is 51.3 Å². The van der Waals surface area contributed by atoms with Crippen LogP contribution >= 0.6 is 0 Å². The monoisotopic (exact) mass is 279 g/mol. The Morgan fingerprint density at radius 1 is 1.30 bits per heavy atom. The summed E-state index contributed by atoms with van der Waals surface area (Å²) in [5, 5.41) is 3.07. The fourth-order valence-electron chi connectivity index (χ4n) is 2.29. The third-order valence-corrected chi connectivity index (χ3v) is 3.45. The van der Waals surface area contributed by atoms with Gasteiger partial charge < -0.3 is 4.74 Å². The van der Waals surface area contributed by atoms with E-state index in [-0.39, 0.29) is 5.97 Å². The lowest BCUT2D eigenvalue weighted by atomic mass is 9.85. The van der Waals surface area contributed by atoms with Crippen molar-refractivity contribution in [2.45, 2.75) is 45.8 Å². The van der Waals surface area contributed by atoms with Gasteiger partial charge in [0.15, 0.2) is 0 Å². The van der Waals surface area contributed by atoms with Gasteiger partial charge in [-0.25, -0.2) is 4.39 Å². The van der Waals surface area contributed by atoms with E-state index < -0.39 is 23.4 Å². The highest BCUT2D eigenvalue weighted by Crippen LogP contribution is 2.41. The largest absolute Gasteiger partial charge is 0.457 e. The van der Waals surface area contributed by atoms with Crippen LogP contribution in [0.1, 0.15) is 56.9 Å². The van der Waals surface area contributed by atoms with E-state index in [0.717, 1.165) is 0 Å². The van der Waals surface area contributed by atoms with E-state index in [2.05, 4.69) is 5.18 Å². The Labute approximate surface area is 117 Å². The van der Waals surface area contributed by atoms with E-state index >= 15 is 0 Å². The zero-order chi connectivity index (χ0) is 14.9. The van der Waals surface area contributed by atoms with Crippen LogP contribution in [0.25, 0.3) is 0 Å². The molecule has 0 amide bonds. The molecule has 0 N–H and O–H groups in total. The number of ether oxygens (including phenoxy) is 1. The molecule has 0 saturated heterocycles. The van der Waals surface area contributed by atoms with Crippen LogP contribution in [0.5, 0.6) is 0 Å². The minimum absolute atomic E-state index is 0.338. The standard InChI is InChI=1S/C15H18FNO3/c1-15(2,3)14(18)20-13-7-6-12(17-19)10-5-4-9(16)8-11(10)13/h4-5,8,12-13H,6-7H2,1-3H3. The van der Waals surface area contributed by atoms with Gasteiger partial charge in [0.2, 0.25) is 0 Å². The Kier molecular flexibility index (Phi) is 3.88. The maximum Gasteiger partial charge on any atom is 0.311 e. The second-order valence-electron chi connectivity index (χ2n) is 6.12. The van der Waals surface area contributed by atoms with Crippen LogP contribution in [-0.2, 0) is 9.53 Å². The number of carbonyl (C=O) groups is 1. The number of benzene rings is 1. The Morgan fingerprint density at radius 3 is 2.60 bits per heavy atom. The lowest BCUT2D eigenvalue weighted by Gasteiger charge is -2.30. The Bertz CT molecular complexity index is 536. The van der Waals surface area contributed by atoms with Crippen LogP contribution in [0.4, 0.5) is 4.39 Å². The van der Waals surface area contributed by atoms with Gasteiger partial charge in [0.1, 0.15) is 18.0 Å². The summed E-state index contributed by atoms with van der Waals surface area (Å²) in [4.78, 5) is 22.8. The molecule has 1 aliphatic rings. The zero-order valence-corrected chi connectivity index (χ0v) is 11.9. The molecule has 0 spiro atoms. The molecule has 0 fully saturated rings. The van der Waals surface area contributed by atoms with Crippen LogP contribution in [0.3, 0.4) is 0 Å². The molecule has 1 aromatic carbocycles. The molecule has 0 bridgehead atoms. The number of esters is 1. The predicted octanol–water partition coefficient (Wildman–Crippen LogP) is 4.06. The van der Waals surface area contributed by atoms with Crippen LogP contribution in [0, 0.1) is 16.1 Å². The maximum atomic E-state index is 13.4. The number of carbonyl (C=O) groups excluding carboxylic acids is 1. The molecule has 2 atom stereocenters. The van der Waals surface area contributed by atoms with Crippen molar-refractivity contribution in [2.75, 3.05) is 0 Å². The topological polar surface area (TPSA) is 55.7 Å². The van der Waals surface area contributed by atoms with Crippen LogP contribution in [0.15, 0.2) is 23.4 Å². The van der Waals surface area contributed by atoms with Crippen molar-refractivity contribution in [1.82, 2.24) is 0 Å². The first-order valence-corrected chi connectivity index (χ1v) is 6.66. The first-order valence-electron chi connectivity index (χ1n) is 6.66. The van der Waals surface area contributed by atoms with E-state index in [1.165, 1.54) is 12.1 Å². The van der Waals surface area contributed by atoms with E-state index in [0.29, 0.717) is 24.0 Å². The van der Waals surface area contributed by atoms with Gasteiger partial charge in [-0.1, -0.05) is 11.2 Å². The van der Waals surface area contributed by atoms with E-state index in [1.807, 2.05) is 0 Å². The summed E-state index contributed by atoms with van der Waals surface area (Å²) in [6.45, 7) is 5.29. The molecule has 0 aliphatic heterocycles. The Balaban J connectivity index is 2.32. The van der Waals surface area contributed by atoms with Crippen molar-refractivity contribution in [1.29, 1.82) is 0 Å². The van der Waals surface area contributed by atoms with Gasteiger partial charge in [0.25, 0.3) is 0 Å². The van der Waals surface area contributed by atoms with E-state index in [1.54, 1.807) is 26.8 Å². The molecule has 5 heteroatoms. The zero-order valence-electron chi connectivity index (χ0n) is 11.9. The molecule has 20 heavy (non-hydrogen) atoms.